The van der Waals surface area contributed by atoms with Crippen molar-refractivity contribution in [3.05, 3.63) is 0 Å². The van der Waals surface area contributed by atoms with Crippen LogP contribution < -0.4 is 0 Å². The molecule has 1 saturated heterocycles. The van der Waals surface area contributed by atoms with E-state index in [4.69, 9.17) is 0 Å². The number of hydrogen-bond acceptors (Lipinski definition) is 4. The number of rotatable bonds is 3. The fourth-order valence-electron chi connectivity index (χ4n) is 2.13. The first-order valence-corrected chi connectivity index (χ1v) is 6.58. The molecule has 1 fully saturated rings. The van der Waals surface area contributed by atoms with E-state index in [0.29, 0.717) is 6.42 Å². The molecule has 3 unspecified atom stereocenters. The van der Waals surface area contributed by atoms with Crippen molar-refractivity contribution in [2.45, 2.75) is 26.4 Å². The van der Waals surface area contributed by atoms with Crippen LogP contribution in [-0.4, -0.2) is 36.9 Å². The summed E-state index contributed by atoms with van der Waals surface area (Å²) >= 11 is 0. The number of carbonyl (C=O) groups excluding carboxylic acids is 1. The van der Waals surface area contributed by atoms with Gasteiger partial charge >= 0.3 is 0 Å². The predicted octanol–water partition coefficient (Wildman–Crippen LogP) is 0.00710. The van der Waals surface area contributed by atoms with Crippen molar-refractivity contribution >= 4 is 15.6 Å². The topological polar surface area (TPSA) is 71.4 Å². The van der Waals surface area contributed by atoms with Crippen LogP contribution >= 0.6 is 0 Å². The SMILES string of the molecule is CCC(C(C)=O)C1CS(=O)(=O)CC1O. The molecule has 14 heavy (non-hydrogen) atoms. The molecular formula is C9H16O4S. The van der Waals surface area contributed by atoms with Crippen LogP contribution in [0, 0.1) is 11.8 Å². The van der Waals surface area contributed by atoms with Gasteiger partial charge in [-0.3, -0.25) is 4.79 Å². The van der Waals surface area contributed by atoms with E-state index in [1.807, 2.05) is 6.92 Å². The Morgan fingerprint density at radius 3 is 2.36 bits per heavy atom. The number of carbonyl (C=O) groups is 1. The van der Waals surface area contributed by atoms with E-state index in [0.717, 1.165) is 0 Å². The van der Waals surface area contributed by atoms with Gasteiger partial charge in [-0.2, -0.15) is 0 Å². The van der Waals surface area contributed by atoms with Gasteiger partial charge < -0.3 is 5.11 Å². The van der Waals surface area contributed by atoms with E-state index < -0.39 is 21.9 Å². The summed E-state index contributed by atoms with van der Waals surface area (Å²) in [6, 6.07) is 0. The van der Waals surface area contributed by atoms with Crippen LogP contribution in [0.25, 0.3) is 0 Å². The molecule has 0 aromatic rings. The van der Waals surface area contributed by atoms with Gasteiger partial charge in [-0.15, -0.1) is 0 Å². The molecule has 1 heterocycles. The highest BCUT2D eigenvalue weighted by atomic mass is 32.2. The Bertz CT molecular complexity index is 320. The molecule has 0 bridgehead atoms. The summed E-state index contributed by atoms with van der Waals surface area (Å²) in [6.07, 6.45) is -0.277. The second kappa shape index (κ2) is 3.98. The number of hydrogen-bond donors (Lipinski definition) is 1. The van der Waals surface area contributed by atoms with Gasteiger partial charge in [0.15, 0.2) is 9.84 Å². The minimum absolute atomic E-state index is 0.0337. The number of ketones is 1. The summed E-state index contributed by atoms with van der Waals surface area (Å²) in [4.78, 5) is 11.2. The van der Waals surface area contributed by atoms with E-state index in [9.17, 15) is 18.3 Å². The largest absolute Gasteiger partial charge is 0.392 e. The first-order chi connectivity index (χ1) is 6.37. The van der Waals surface area contributed by atoms with E-state index in [-0.39, 0.29) is 23.2 Å². The van der Waals surface area contributed by atoms with Crippen LogP contribution in [0.4, 0.5) is 0 Å². The molecule has 1 aliphatic heterocycles. The molecule has 0 aromatic carbocycles. The third kappa shape index (κ3) is 2.33. The van der Waals surface area contributed by atoms with Crippen molar-refractivity contribution < 1.29 is 18.3 Å². The Morgan fingerprint density at radius 1 is 1.50 bits per heavy atom. The zero-order valence-corrected chi connectivity index (χ0v) is 9.25. The van der Waals surface area contributed by atoms with Gasteiger partial charge in [0.2, 0.25) is 0 Å². The Morgan fingerprint density at radius 2 is 2.07 bits per heavy atom. The lowest BCUT2D eigenvalue weighted by molar-refractivity contribution is -0.123. The quantitative estimate of drug-likeness (QED) is 0.727. The van der Waals surface area contributed by atoms with E-state index in [2.05, 4.69) is 0 Å². The zero-order chi connectivity index (χ0) is 10.9. The van der Waals surface area contributed by atoms with Gasteiger partial charge in [0.05, 0.1) is 17.6 Å². The molecule has 0 spiro atoms. The van der Waals surface area contributed by atoms with Crippen molar-refractivity contribution in [1.29, 1.82) is 0 Å². The normalized spacial score (nSPS) is 32.8. The van der Waals surface area contributed by atoms with Gasteiger partial charge in [-0.25, -0.2) is 8.42 Å². The van der Waals surface area contributed by atoms with Crippen LogP contribution in [0.1, 0.15) is 20.3 Å². The summed E-state index contributed by atoms with van der Waals surface area (Å²) in [6.45, 7) is 3.29. The number of Topliss-reactive ketones (excluding diaryl/α,β-unsaturated/α-hetero) is 1. The molecule has 82 valence electrons. The highest BCUT2D eigenvalue weighted by Crippen LogP contribution is 2.29. The first-order valence-electron chi connectivity index (χ1n) is 4.76. The fourth-order valence-corrected chi connectivity index (χ4v) is 4.08. The molecule has 3 atom stereocenters. The van der Waals surface area contributed by atoms with Gasteiger partial charge in [0.1, 0.15) is 5.78 Å². The second-order valence-electron chi connectivity index (χ2n) is 3.93. The molecule has 5 heteroatoms. The summed E-state index contributed by atoms with van der Waals surface area (Å²) < 4.78 is 22.4. The minimum atomic E-state index is -3.14. The average molecular weight is 220 g/mol. The van der Waals surface area contributed by atoms with Crippen LogP contribution in [0.5, 0.6) is 0 Å². The minimum Gasteiger partial charge on any atom is -0.392 e. The average Bonchev–Trinajstić information content (AvgIpc) is 2.26. The summed E-state index contributed by atoms with van der Waals surface area (Å²) in [5.41, 5.74) is 0. The summed E-state index contributed by atoms with van der Waals surface area (Å²) in [5.74, 6) is -0.994. The molecule has 0 saturated carbocycles. The molecule has 1 rings (SSSR count). The standard InChI is InChI=1S/C9H16O4S/c1-3-7(6(2)10)8-4-14(12,13)5-9(8)11/h7-9,11H,3-5H2,1-2H3. The third-order valence-corrected chi connectivity index (χ3v) is 4.59. The Kier molecular flexibility index (Phi) is 3.32. The molecule has 1 N–H and O–H groups in total. The highest BCUT2D eigenvalue weighted by Gasteiger charge is 2.41. The van der Waals surface area contributed by atoms with Crippen LogP contribution in [0.2, 0.25) is 0 Å². The molecule has 0 amide bonds. The van der Waals surface area contributed by atoms with Crippen molar-refractivity contribution in [3.8, 4) is 0 Å². The smallest absolute Gasteiger partial charge is 0.153 e. The second-order valence-corrected chi connectivity index (χ2v) is 6.09. The zero-order valence-electron chi connectivity index (χ0n) is 8.43. The van der Waals surface area contributed by atoms with Gasteiger partial charge in [-0.1, -0.05) is 6.92 Å². The molecule has 4 nitrogen and oxygen atoms in total. The molecule has 0 radical (unpaired) electrons. The Labute approximate surface area is 84.2 Å². The van der Waals surface area contributed by atoms with E-state index >= 15 is 0 Å². The van der Waals surface area contributed by atoms with Crippen LogP contribution in [0.3, 0.4) is 0 Å². The lowest BCUT2D eigenvalue weighted by Gasteiger charge is -2.20. The summed E-state index contributed by atoms with van der Waals surface area (Å²) in [5, 5.41) is 9.54. The molecular weight excluding hydrogens is 204 g/mol. The first kappa shape index (κ1) is 11.7. The predicted molar refractivity (Wildman–Crippen MR) is 52.6 cm³/mol. The summed E-state index contributed by atoms with van der Waals surface area (Å²) in [7, 11) is -3.14. The van der Waals surface area contributed by atoms with Crippen LogP contribution in [0.15, 0.2) is 0 Å². The maximum absolute atomic E-state index is 11.2. The Hall–Kier alpha value is -0.420. The lowest BCUT2D eigenvalue weighted by atomic mass is 9.85. The maximum Gasteiger partial charge on any atom is 0.153 e. The van der Waals surface area contributed by atoms with Gasteiger partial charge in [-0.05, 0) is 13.3 Å². The molecule has 0 aliphatic carbocycles. The molecule has 0 aromatic heterocycles. The molecule has 1 aliphatic rings. The highest BCUT2D eigenvalue weighted by molar-refractivity contribution is 7.91. The lowest BCUT2D eigenvalue weighted by Crippen LogP contribution is -2.30. The Balaban J connectivity index is 2.83. The third-order valence-electron chi connectivity index (χ3n) is 2.84. The van der Waals surface area contributed by atoms with Crippen molar-refractivity contribution in [2.75, 3.05) is 11.5 Å². The number of aliphatic hydroxyl groups is 1. The fraction of sp³-hybridized carbons (Fsp3) is 0.889. The van der Waals surface area contributed by atoms with E-state index in [1.165, 1.54) is 6.92 Å². The van der Waals surface area contributed by atoms with Crippen molar-refractivity contribution in [3.63, 3.8) is 0 Å². The van der Waals surface area contributed by atoms with Crippen LogP contribution in [-0.2, 0) is 14.6 Å². The number of aliphatic hydroxyl groups excluding tert-OH is 1. The van der Waals surface area contributed by atoms with Crippen molar-refractivity contribution in [1.82, 2.24) is 0 Å². The van der Waals surface area contributed by atoms with Gasteiger partial charge in [0.25, 0.3) is 0 Å². The maximum atomic E-state index is 11.2. The van der Waals surface area contributed by atoms with Gasteiger partial charge in [0, 0.05) is 11.8 Å². The number of sulfone groups is 1. The van der Waals surface area contributed by atoms with Crippen molar-refractivity contribution in [2.24, 2.45) is 11.8 Å². The monoisotopic (exact) mass is 220 g/mol. The van der Waals surface area contributed by atoms with E-state index in [1.54, 1.807) is 0 Å².